The lowest BCUT2D eigenvalue weighted by Crippen LogP contribution is -2.45. The zero-order chi connectivity index (χ0) is 19.5. The first kappa shape index (κ1) is 20.3. The van der Waals surface area contributed by atoms with Crippen molar-refractivity contribution in [2.45, 2.75) is 62.7 Å². The predicted molar refractivity (Wildman–Crippen MR) is 101 cm³/mol. The summed E-state index contributed by atoms with van der Waals surface area (Å²) < 4.78 is 58.3. The topological polar surface area (TPSA) is 9.23 Å². The van der Waals surface area contributed by atoms with Crippen molar-refractivity contribution in [2.75, 3.05) is 0 Å². The summed E-state index contributed by atoms with van der Waals surface area (Å²) in [5.41, 5.74) is -0.348. The SMILES string of the molecule is CCC[Si]1CCC(C2(OC(F)(F)F)C=CC(c3ccccc3F)=CC2)CC1. The van der Waals surface area contributed by atoms with Gasteiger partial charge < -0.3 is 0 Å². The highest BCUT2D eigenvalue weighted by Crippen LogP contribution is 2.45. The number of halogens is 4. The molecule has 0 spiro atoms. The van der Waals surface area contributed by atoms with Crippen molar-refractivity contribution >= 4 is 14.4 Å². The van der Waals surface area contributed by atoms with Crippen LogP contribution in [0.4, 0.5) is 17.6 Å². The third-order valence-electron chi connectivity index (χ3n) is 5.66. The summed E-state index contributed by atoms with van der Waals surface area (Å²) in [7, 11) is -0.423. The number of ether oxygens (including phenoxy) is 1. The lowest BCUT2D eigenvalue weighted by molar-refractivity contribution is -0.366. The van der Waals surface area contributed by atoms with E-state index in [2.05, 4.69) is 6.92 Å². The van der Waals surface area contributed by atoms with Crippen molar-refractivity contribution in [2.24, 2.45) is 5.92 Å². The molecule has 6 heteroatoms. The maximum Gasteiger partial charge on any atom is 0.523 e. The van der Waals surface area contributed by atoms with Gasteiger partial charge >= 0.3 is 6.36 Å². The van der Waals surface area contributed by atoms with Crippen LogP contribution in [0.25, 0.3) is 5.57 Å². The number of hydrogen-bond acceptors (Lipinski definition) is 1. The Kier molecular flexibility index (Phi) is 6.26. The van der Waals surface area contributed by atoms with Crippen LogP contribution < -0.4 is 0 Å². The van der Waals surface area contributed by atoms with E-state index in [9.17, 15) is 17.6 Å². The summed E-state index contributed by atoms with van der Waals surface area (Å²) in [6, 6.07) is 9.64. The van der Waals surface area contributed by atoms with Crippen LogP contribution in [0.15, 0.2) is 42.5 Å². The zero-order valence-corrected chi connectivity index (χ0v) is 16.5. The molecule has 0 amide bonds. The minimum atomic E-state index is -4.69. The molecule has 2 aliphatic rings. The van der Waals surface area contributed by atoms with Crippen molar-refractivity contribution in [3.05, 3.63) is 53.9 Å². The van der Waals surface area contributed by atoms with Crippen LogP contribution in [0, 0.1) is 11.7 Å². The van der Waals surface area contributed by atoms with E-state index in [0.717, 1.165) is 31.4 Å². The highest BCUT2D eigenvalue weighted by molar-refractivity contribution is 6.58. The van der Waals surface area contributed by atoms with E-state index in [4.69, 9.17) is 4.74 Å². The molecule has 0 saturated carbocycles. The highest BCUT2D eigenvalue weighted by Gasteiger charge is 2.48. The van der Waals surface area contributed by atoms with Gasteiger partial charge in [0.2, 0.25) is 0 Å². The maximum atomic E-state index is 14.0. The molecule has 0 bridgehead atoms. The van der Waals surface area contributed by atoms with Crippen molar-refractivity contribution in [1.82, 2.24) is 0 Å². The molecule has 1 aromatic rings. The van der Waals surface area contributed by atoms with Crippen LogP contribution in [-0.4, -0.2) is 20.8 Å². The normalized spacial score (nSPS) is 24.9. The number of hydrogen-bond donors (Lipinski definition) is 0. The molecule has 1 aliphatic heterocycles. The van der Waals surface area contributed by atoms with Crippen molar-refractivity contribution < 1.29 is 22.3 Å². The predicted octanol–water partition coefficient (Wildman–Crippen LogP) is 6.76. The molecule has 1 nitrogen and oxygen atoms in total. The summed E-state index contributed by atoms with van der Waals surface area (Å²) in [6.45, 7) is 2.16. The van der Waals surface area contributed by atoms with Crippen molar-refractivity contribution in [3.8, 4) is 0 Å². The van der Waals surface area contributed by atoms with Crippen LogP contribution in [0.1, 0.15) is 38.2 Å². The summed E-state index contributed by atoms with van der Waals surface area (Å²) in [5.74, 6) is -0.526. The van der Waals surface area contributed by atoms with E-state index in [1.807, 2.05) is 0 Å². The Hall–Kier alpha value is -1.40. The number of allylic oxidation sites excluding steroid dienone is 2. The Morgan fingerprint density at radius 2 is 1.89 bits per heavy atom. The quantitative estimate of drug-likeness (QED) is 0.394. The second-order valence-electron chi connectivity index (χ2n) is 7.45. The summed E-state index contributed by atoms with van der Waals surface area (Å²) in [4.78, 5) is 0. The van der Waals surface area contributed by atoms with E-state index < -0.39 is 20.8 Å². The van der Waals surface area contributed by atoms with Gasteiger partial charge in [-0.05, 0) is 36.8 Å². The third kappa shape index (κ3) is 4.91. The molecule has 1 unspecified atom stereocenters. The Bertz CT molecular complexity index is 704. The average Bonchev–Trinajstić information content (AvgIpc) is 2.62. The van der Waals surface area contributed by atoms with E-state index in [0.29, 0.717) is 11.1 Å². The van der Waals surface area contributed by atoms with Gasteiger partial charge in [-0.3, -0.25) is 4.74 Å². The fourth-order valence-electron chi connectivity index (χ4n) is 4.33. The second-order valence-corrected chi connectivity index (χ2v) is 10.5. The first-order valence-electron chi connectivity index (χ1n) is 9.58. The standard InChI is InChI=1S/C21H25F4OSi/c1-2-13-27-14-9-17(10-15-27)20(26-21(23,24)25)11-7-16(8-12-20)18-5-3-4-6-19(18)22/h3-8,11,17H,2,9-10,12-15H2,1H3. The number of alkyl halides is 3. The smallest absolute Gasteiger partial charge is 0.280 e. The van der Waals surface area contributed by atoms with Gasteiger partial charge in [0.15, 0.2) is 0 Å². The number of rotatable bonds is 5. The molecule has 3 rings (SSSR count). The van der Waals surface area contributed by atoms with Gasteiger partial charge in [-0.15, -0.1) is 13.2 Å². The van der Waals surface area contributed by atoms with Crippen molar-refractivity contribution in [1.29, 1.82) is 0 Å². The van der Waals surface area contributed by atoms with Crippen LogP contribution in [0.2, 0.25) is 18.1 Å². The van der Waals surface area contributed by atoms with Crippen LogP contribution in [-0.2, 0) is 4.74 Å². The molecule has 1 heterocycles. The lowest BCUT2D eigenvalue weighted by atomic mass is 9.76. The molecular formula is C21H25F4OSi. The molecule has 1 atom stereocenters. The van der Waals surface area contributed by atoms with E-state index in [1.54, 1.807) is 30.4 Å². The van der Waals surface area contributed by atoms with Crippen LogP contribution in [0.3, 0.4) is 0 Å². The van der Waals surface area contributed by atoms with E-state index in [1.165, 1.54) is 18.2 Å². The van der Waals surface area contributed by atoms with Crippen LogP contribution in [0.5, 0.6) is 0 Å². The minimum Gasteiger partial charge on any atom is -0.280 e. The summed E-state index contributed by atoms with van der Waals surface area (Å²) >= 11 is 0. The average molecular weight is 398 g/mol. The Labute approximate surface area is 159 Å². The molecule has 1 radical (unpaired) electrons. The third-order valence-corrected chi connectivity index (χ3v) is 8.86. The second kappa shape index (κ2) is 8.31. The van der Waals surface area contributed by atoms with Gasteiger partial charge in [0.1, 0.15) is 11.4 Å². The summed E-state index contributed by atoms with van der Waals surface area (Å²) in [5, 5.41) is 0. The van der Waals surface area contributed by atoms with Crippen molar-refractivity contribution in [3.63, 3.8) is 0 Å². The molecule has 1 aliphatic carbocycles. The Balaban J connectivity index is 1.80. The van der Waals surface area contributed by atoms with E-state index in [-0.39, 0.29) is 18.2 Å². The Morgan fingerprint density at radius 1 is 1.19 bits per heavy atom. The fourth-order valence-corrected chi connectivity index (χ4v) is 7.30. The molecule has 0 N–H and O–H groups in total. The lowest BCUT2D eigenvalue weighted by Gasteiger charge is -2.43. The van der Waals surface area contributed by atoms with Gasteiger partial charge in [0.05, 0.1) is 0 Å². The van der Waals surface area contributed by atoms with Gasteiger partial charge in [-0.2, -0.15) is 0 Å². The Morgan fingerprint density at radius 3 is 2.44 bits per heavy atom. The van der Waals surface area contributed by atoms with Gasteiger partial charge in [0.25, 0.3) is 0 Å². The van der Waals surface area contributed by atoms with E-state index >= 15 is 0 Å². The molecule has 1 saturated heterocycles. The van der Waals surface area contributed by atoms with Gasteiger partial charge in [-0.1, -0.05) is 67.9 Å². The zero-order valence-electron chi connectivity index (χ0n) is 15.5. The largest absolute Gasteiger partial charge is 0.523 e. The highest BCUT2D eigenvalue weighted by atomic mass is 28.3. The molecule has 0 aromatic heterocycles. The maximum absolute atomic E-state index is 14.0. The molecular weight excluding hydrogens is 372 g/mol. The minimum absolute atomic E-state index is 0.118. The first-order chi connectivity index (χ1) is 12.8. The van der Waals surface area contributed by atoms with Gasteiger partial charge in [0, 0.05) is 14.4 Å². The fraction of sp³-hybridized carbons (Fsp3) is 0.524. The summed E-state index contributed by atoms with van der Waals surface area (Å²) in [6.07, 6.45) is 2.95. The molecule has 27 heavy (non-hydrogen) atoms. The molecule has 147 valence electrons. The molecule has 1 fully saturated rings. The molecule has 1 aromatic carbocycles. The number of benzene rings is 1. The monoisotopic (exact) mass is 397 g/mol. The van der Waals surface area contributed by atoms with Crippen LogP contribution >= 0.6 is 0 Å². The first-order valence-corrected chi connectivity index (χ1v) is 11.7. The van der Waals surface area contributed by atoms with Gasteiger partial charge in [-0.25, -0.2) is 4.39 Å².